The molecule has 0 radical (unpaired) electrons. The van der Waals surface area contributed by atoms with Crippen LogP contribution in [0.4, 0.5) is 16.8 Å². The Morgan fingerprint density at radius 3 is 2.85 bits per heavy atom. The number of piperidine rings is 2. The topological polar surface area (TPSA) is 110 Å². The van der Waals surface area contributed by atoms with Crippen LogP contribution in [-0.2, 0) is 6.61 Å². The third-order valence-corrected chi connectivity index (χ3v) is 8.65. The highest BCUT2D eigenvalue weighted by molar-refractivity contribution is 7.15. The summed E-state index contributed by atoms with van der Waals surface area (Å²) < 4.78 is 0. The Kier molecular flexibility index (Phi) is 4.98. The Morgan fingerprint density at radius 1 is 1.30 bits per heavy atom. The van der Waals surface area contributed by atoms with E-state index in [4.69, 9.17) is 10.2 Å². The van der Waals surface area contributed by atoms with E-state index in [0.717, 1.165) is 51.7 Å². The van der Waals surface area contributed by atoms with Crippen LogP contribution in [0.25, 0.3) is 10.9 Å². The fourth-order valence-corrected chi connectivity index (χ4v) is 7.11. The number of rotatable bonds is 7. The molecule has 0 bridgehead atoms. The van der Waals surface area contributed by atoms with Gasteiger partial charge in [-0.15, -0.1) is 0 Å². The van der Waals surface area contributed by atoms with E-state index >= 15 is 0 Å². The fraction of sp³-hybridized carbons (Fsp3) is 0.500. The molecule has 170 valence electrons. The van der Waals surface area contributed by atoms with E-state index in [0.29, 0.717) is 35.9 Å². The first-order valence-corrected chi connectivity index (χ1v) is 12.4. The summed E-state index contributed by atoms with van der Waals surface area (Å²) in [4.78, 5) is 17.5. The Balaban J connectivity index is 1.22. The van der Waals surface area contributed by atoms with Gasteiger partial charge in [-0.1, -0.05) is 11.3 Å². The standard InChI is InChI=1S/C24H27N7OS/c1-14-20(13-32)33-23(27-14)30-21-10-19-18(4-2-7-26-19)22(29-21)28-15-8-16-11-24(5-3-6-25)12-17(9-15)31(16)24/h2,4,7,10,15-17,32H,3,5,8-9,11-13H2,1H3,(H2,27,28,29,30)/t15?,16-,17+,24?. The number of nitrogens with zero attached hydrogens (tertiary/aromatic N) is 5. The molecule has 3 aromatic heterocycles. The van der Waals surface area contributed by atoms with Crippen molar-refractivity contribution in [3.63, 3.8) is 0 Å². The summed E-state index contributed by atoms with van der Waals surface area (Å²) in [5.74, 6) is 1.55. The Bertz CT molecular complexity index is 1240. The molecule has 6 heterocycles. The molecule has 3 N–H and O–H groups in total. The van der Waals surface area contributed by atoms with Crippen molar-refractivity contribution in [1.29, 1.82) is 5.26 Å². The monoisotopic (exact) mass is 461 g/mol. The average molecular weight is 462 g/mol. The van der Waals surface area contributed by atoms with Crippen molar-refractivity contribution < 1.29 is 5.11 Å². The number of aliphatic hydroxyl groups excluding tert-OH is 1. The molecule has 6 rings (SSSR count). The van der Waals surface area contributed by atoms with Crippen LogP contribution in [0, 0.1) is 18.3 Å². The van der Waals surface area contributed by atoms with Gasteiger partial charge in [0.1, 0.15) is 11.6 Å². The van der Waals surface area contributed by atoms with Crippen LogP contribution < -0.4 is 10.6 Å². The molecule has 3 fully saturated rings. The average Bonchev–Trinajstić information content (AvgIpc) is 3.13. The van der Waals surface area contributed by atoms with Crippen molar-refractivity contribution >= 4 is 39.0 Å². The summed E-state index contributed by atoms with van der Waals surface area (Å²) in [6.45, 7) is 1.89. The highest BCUT2D eigenvalue weighted by Crippen LogP contribution is 2.58. The van der Waals surface area contributed by atoms with Crippen molar-refractivity contribution in [1.82, 2.24) is 19.9 Å². The highest BCUT2D eigenvalue weighted by atomic mass is 32.1. The van der Waals surface area contributed by atoms with Crippen molar-refractivity contribution in [2.24, 2.45) is 0 Å². The van der Waals surface area contributed by atoms with Gasteiger partial charge in [0.15, 0.2) is 5.13 Å². The number of nitrogens with one attached hydrogen (secondary N) is 2. The minimum absolute atomic E-state index is 0.0104. The van der Waals surface area contributed by atoms with Crippen LogP contribution in [-0.4, -0.2) is 48.6 Å². The molecular weight excluding hydrogens is 434 g/mol. The number of aromatic nitrogens is 3. The molecular formula is C24H27N7OS. The van der Waals surface area contributed by atoms with Gasteiger partial charge in [-0.3, -0.25) is 9.88 Å². The van der Waals surface area contributed by atoms with Gasteiger partial charge in [0.2, 0.25) is 0 Å². The lowest BCUT2D eigenvalue weighted by atomic mass is 9.57. The second kappa shape index (κ2) is 7.90. The molecule has 3 saturated heterocycles. The number of nitriles is 1. The van der Waals surface area contributed by atoms with E-state index < -0.39 is 0 Å². The van der Waals surface area contributed by atoms with Crippen LogP contribution in [0.5, 0.6) is 0 Å². The van der Waals surface area contributed by atoms with Crippen molar-refractivity contribution in [2.75, 3.05) is 10.6 Å². The zero-order valence-corrected chi connectivity index (χ0v) is 19.4. The summed E-state index contributed by atoms with van der Waals surface area (Å²) in [7, 11) is 0. The molecule has 2 unspecified atom stereocenters. The number of aliphatic hydroxyl groups is 1. The fourth-order valence-electron chi connectivity index (χ4n) is 6.28. The van der Waals surface area contributed by atoms with Crippen LogP contribution in [0.15, 0.2) is 24.4 Å². The molecule has 9 heteroatoms. The van der Waals surface area contributed by atoms with Crippen LogP contribution >= 0.6 is 11.3 Å². The summed E-state index contributed by atoms with van der Waals surface area (Å²) in [6.07, 6.45) is 8.14. The van der Waals surface area contributed by atoms with E-state index in [2.05, 4.69) is 37.6 Å². The lowest BCUT2D eigenvalue weighted by molar-refractivity contribution is -0.222. The largest absolute Gasteiger partial charge is 0.391 e. The van der Waals surface area contributed by atoms with E-state index in [9.17, 15) is 5.11 Å². The summed E-state index contributed by atoms with van der Waals surface area (Å²) in [5, 5.41) is 27.3. The lowest BCUT2D eigenvalue weighted by Crippen LogP contribution is -2.81. The molecule has 0 aromatic carbocycles. The van der Waals surface area contributed by atoms with Crippen LogP contribution in [0.2, 0.25) is 0 Å². The van der Waals surface area contributed by atoms with Gasteiger partial charge in [-0.25, -0.2) is 9.97 Å². The maximum absolute atomic E-state index is 9.48. The van der Waals surface area contributed by atoms with Crippen molar-refractivity contribution in [3.05, 3.63) is 35.0 Å². The Morgan fingerprint density at radius 2 is 2.12 bits per heavy atom. The first kappa shape index (κ1) is 20.8. The van der Waals surface area contributed by atoms with E-state index in [1.165, 1.54) is 24.2 Å². The lowest BCUT2D eigenvalue weighted by Gasteiger charge is -2.74. The third-order valence-electron chi connectivity index (χ3n) is 7.59. The minimum atomic E-state index is -0.0104. The van der Waals surface area contributed by atoms with E-state index in [1.54, 1.807) is 6.20 Å². The van der Waals surface area contributed by atoms with E-state index in [-0.39, 0.29) is 6.61 Å². The highest BCUT2D eigenvalue weighted by Gasteiger charge is 2.64. The maximum atomic E-state index is 9.48. The maximum Gasteiger partial charge on any atom is 0.188 e. The minimum Gasteiger partial charge on any atom is -0.391 e. The Hall–Kier alpha value is -2.80. The normalized spacial score (nSPS) is 27.8. The predicted molar refractivity (Wildman–Crippen MR) is 128 cm³/mol. The van der Waals surface area contributed by atoms with Gasteiger partial charge < -0.3 is 15.7 Å². The smallest absolute Gasteiger partial charge is 0.188 e. The zero-order valence-electron chi connectivity index (χ0n) is 18.6. The number of thiazole rings is 1. The quantitative estimate of drug-likeness (QED) is 0.483. The first-order valence-electron chi connectivity index (χ1n) is 11.6. The molecule has 4 atom stereocenters. The van der Waals surface area contributed by atoms with Crippen LogP contribution in [0.1, 0.15) is 49.1 Å². The summed E-state index contributed by atoms with van der Waals surface area (Å²) in [5.41, 5.74) is 2.04. The van der Waals surface area contributed by atoms with Gasteiger partial charge in [0.05, 0.1) is 28.8 Å². The van der Waals surface area contributed by atoms with Gasteiger partial charge >= 0.3 is 0 Å². The van der Waals surface area contributed by atoms with Gasteiger partial charge in [0, 0.05) is 47.7 Å². The van der Waals surface area contributed by atoms with Crippen molar-refractivity contribution in [2.45, 2.75) is 75.7 Å². The van der Waals surface area contributed by atoms with Gasteiger partial charge in [-0.2, -0.15) is 5.26 Å². The summed E-state index contributed by atoms with van der Waals surface area (Å²) in [6, 6.07) is 9.90. The number of hydrogen-bond acceptors (Lipinski definition) is 9. The number of anilines is 3. The number of pyridine rings is 2. The number of fused-ring (bicyclic) bond motifs is 1. The first-order chi connectivity index (χ1) is 16.1. The molecule has 3 aliphatic heterocycles. The number of hydrogen-bond donors (Lipinski definition) is 3. The molecule has 0 amide bonds. The molecule has 8 nitrogen and oxygen atoms in total. The molecule has 3 aliphatic rings. The molecule has 0 spiro atoms. The molecule has 33 heavy (non-hydrogen) atoms. The van der Waals surface area contributed by atoms with Crippen molar-refractivity contribution in [3.8, 4) is 6.07 Å². The Labute approximate surface area is 196 Å². The van der Waals surface area contributed by atoms with Gasteiger partial charge in [-0.05, 0) is 51.2 Å². The second-order valence-electron chi connectivity index (χ2n) is 9.56. The second-order valence-corrected chi connectivity index (χ2v) is 10.6. The van der Waals surface area contributed by atoms with Gasteiger partial charge in [0.25, 0.3) is 0 Å². The molecule has 0 aliphatic carbocycles. The zero-order chi connectivity index (χ0) is 22.6. The molecule has 3 aromatic rings. The summed E-state index contributed by atoms with van der Waals surface area (Å²) >= 11 is 1.44. The molecule has 0 saturated carbocycles. The van der Waals surface area contributed by atoms with Crippen LogP contribution in [0.3, 0.4) is 0 Å². The predicted octanol–water partition coefficient (Wildman–Crippen LogP) is 4.09. The number of aryl methyl sites for hydroxylation is 1. The van der Waals surface area contributed by atoms with E-state index in [1.807, 2.05) is 19.1 Å². The third kappa shape index (κ3) is 3.44. The SMILES string of the molecule is Cc1nc(Nc2cc3ncccc3c(NC3C[C@@H]4CC5(CCC#N)C[C@H](C3)N45)n2)sc1CO.